The summed E-state index contributed by atoms with van der Waals surface area (Å²) in [5.74, 6) is -0.218. The molecule has 0 saturated carbocycles. The van der Waals surface area contributed by atoms with Crippen LogP contribution in [0.1, 0.15) is 18.2 Å². The molecule has 3 rings (SSSR count). The molecule has 3 nitrogen and oxygen atoms in total. The SMILES string of the molecule is CCc1cc2ccc(F)cc2nc1CN1CCN(C)CC1. The Labute approximate surface area is 125 Å². The van der Waals surface area contributed by atoms with Gasteiger partial charge in [-0.15, -0.1) is 0 Å². The lowest BCUT2D eigenvalue weighted by Crippen LogP contribution is -2.44. The van der Waals surface area contributed by atoms with E-state index in [4.69, 9.17) is 4.98 Å². The highest BCUT2D eigenvalue weighted by Gasteiger charge is 2.16. The number of aromatic nitrogens is 1. The number of pyridine rings is 1. The molecule has 1 saturated heterocycles. The quantitative estimate of drug-likeness (QED) is 0.865. The third kappa shape index (κ3) is 3.22. The van der Waals surface area contributed by atoms with Gasteiger partial charge in [-0.3, -0.25) is 9.88 Å². The minimum Gasteiger partial charge on any atom is -0.304 e. The molecule has 1 aliphatic heterocycles. The Bertz CT molecular complexity index is 633. The van der Waals surface area contributed by atoms with Gasteiger partial charge in [0, 0.05) is 44.2 Å². The van der Waals surface area contributed by atoms with Crippen LogP contribution in [-0.2, 0) is 13.0 Å². The Morgan fingerprint density at radius 3 is 2.62 bits per heavy atom. The summed E-state index contributed by atoms with van der Waals surface area (Å²) in [4.78, 5) is 9.51. The summed E-state index contributed by atoms with van der Waals surface area (Å²) in [5, 5.41) is 1.02. The molecule has 0 unspecified atom stereocenters. The lowest BCUT2D eigenvalue weighted by molar-refractivity contribution is 0.146. The van der Waals surface area contributed by atoms with E-state index in [1.54, 1.807) is 0 Å². The first kappa shape index (κ1) is 14.4. The van der Waals surface area contributed by atoms with Crippen LogP contribution in [0.5, 0.6) is 0 Å². The molecule has 4 heteroatoms. The molecule has 1 aromatic heterocycles. The number of halogens is 1. The van der Waals surface area contributed by atoms with Gasteiger partial charge in [0.25, 0.3) is 0 Å². The topological polar surface area (TPSA) is 19.4 Å². The maximum Gasteiger partial charge on any atom is 0.125 e. The maximum atomic E-state index is 13.4. The molecule has 0 atom stereocenters. The zero-order valence-electron chi connectivity index (χ0n) is 12.8. The molecule has 21 heavy (non-hydrogen) atoms. The number of nitrogens with zero attached hydrogens (tertiary/aromatic N) is 3. The molecule has 2 aromatic rings. The highest BCUT2D eigenvalue weighted by Crippen LogP contribution is 2.20. The van der Waals surface area contributed by atoms with E-state index in [0.717, 1.165) is 55.7 Å². The van der Waals surface area contributed by atoms with Gasteiger partial charge in [-0.05, 0) is 37.2 Å². The van der Waals surface area contributed by atoms with Gasteiger partial charge >= 0.3 is 0 Å². The highest BCUT2D eigenvalue weighted by atomic mass is 19.1. The number of hydrogen-bond acceptors (Lipinski definition) is 3. The molecule has 1 aromatic carbocycles. The van der Waals surface area contributed by atoms with E-state index in [1.165, 1.54) is 17.7 Å². The van der Waals surface area contributed by atoms with E-state index < -0.39 is 0 Å². The van der Waals surface area contributed by atoms with Crippen LogP contribution in [0.25, 0.3) is 10.9 Å². The first-order valence-electron chi connectivity index (χ1n) is 7.64. The van der Waals surface area contributed by atoms with E-state index >= 15 is 0 Å². The van der Waals surface area contributed by atoms with Crippen LogP contribution < -0.4 is 0 Å². The number of piperazine rings is 1. The average molecular weight is 287 g/mol. The fourth-order valence-electron chi connectivity index (χ4n) is 2.88. The third-order valence-electron chi connectivity index (χ3n) is 4.30. The number of hydrogen-bond donors (Lipinski definition) is 0. The fourth-order valence-corrected chi connectivity index (χ4v) is 2.88. The molecular weight excluding hydrogens is 265 g/mol. The van der Waals surface area contributed by atoms with E-state index in [0.29, 0.717) is 0 Å². The van der Waals surface area contributed by atoms with Crippen molar-refractivity contribution in [1.82, 2.24) is 14.8 Å². The predicted molar refractivity (Wildman–Crippen MR) is 83.9 cm³/mol. The smallest absolute Gasteiger partial charge is 0.125 e. The predicted octanol–water partition coefficient (Wildman–Crippen LogP) is 2.68. The average Bonchev–Trinajstić information content (AvgIpc) is 2.49. The van der Waals surface area contributed by atoms with Crippen molar-refractivity contribution in [1.29, 1.82) is 0 Å². The van der Waals surface area contributed by atoms with E-state index in [2.05, 4.69) is 29.8 Å². The van der Waals surface area contributed by atoms with Gasteiger partial charge in [0.2, 0.25) is 0 Å². The first-order valence-corrected chi connectivity index (χ1v) is 7.64. The molecule has 112 valence electrons. The number of rotatable bonds is 3. The van der Waals surface area contributed by atoms with Crippen molar-refractivity contribution in [2.24, 2.45) is 0 Å². The van der Waals surface area contributed by atoms with Gasteiger partial charge in [-0.2, -0.15) is 0 Å². The molecule has 0 amide bonds. The van der Waals surface area contributed by atoms with Gasteiger partial charge in [0.1, 0.15) is 5.82 Å². The minimum absolute atomic E-state index is 0.218. The summed E-state index contributed by atoms with van der Waals surface area (Å²) in [6, 6.07) is 7.01. The molecule has 0 N–H and O–H groups in total. The Morgan fingerprint density at radius 2 is 1.90 bits per heavy atom. The second kappa shape index (κ2) is 6.08. The molecule has 1 fully saturated rings. The zero-order chi connectivity index (χ0) is 14.8. The van der Waals surface area contributed by atoms with Gasteiger partial charge in [0.05, 0.1) is 11.2 Å². The Balaban J connectivity index is 1.89. The van der Waals surface area contributed by atoms with Crippen LogP contribution in [0.4, 0.5) is 4.39 Å². The summed E-state index contributed by atoms with van der Waals surface area (Å²) in [6.45, 7) is 7.36. The fraction of sp³-hybridized carbons (Fsp3) is 0.471. The van der Waals surface area contributed by atoms with Crippen molar-refractivity contribution in [3.05, 3.63) is 41.3 Å². The zero-order valence-corrected chi connectivity index (χ0v) is 12.8. The molecule has 0 aliphatic carbocycles. The maximum absolute atomic E-state index is 13.4. The number of fused-ring (bicyclic) bond motifs is 1. The lowest BCUT2D eigenvalue weighted by Gasteiger charge is -2.32. The van der Waals surface area contributed by atoms with Crippen LogP contribution in [0.3, 0.4) is 0 Å². The number of benzene rings is 1. The van der Waals surface area contributed by atoms with E-state index in [1.807, 2.05) is 6.07 Å². The summed E-state index contributed by atoms with van der Waals surface area (Å²) in [5.41, 5.74) is 3.13. The molecule has 0 bridgehead atoms. The van der Waals surface area contributed by atoms with Crippen molar-refractivity contribution >= 4 is 10.9 Å². The van der Waals surface area contributed by atoms with Crippen molar-refractivity contribution in [2.45, 2.75) is 19.9 Å². The second-order valence-electron chi connectivity index (χ2n) is 5.86. The van der Waals surface area contributed by atoms with Crippen molar-refractivity contribution in [3.8, 4) is 0 Å². The van der Waals surface area contributed by atoms with Crippen LogP contribution in [0.2, 0.25) is 0 Å². The Morgan fingerprint density at radius 1 is 1.14 bits per heavy atom. The largest absolute Gasteiger partial charge is 0.304 e. The lowest BCUT2D eigenvalue weighted by atomic mass is 10.1. The highest BCUT2D eigenvalue weighted by molar-refractivity contribution is 5.79. The normalized spacial score (nSPS) is 17.5. The molecule has 1 aliphatic rings. The molecule has 2 heterocycles. The first-order chi connectivity index (χ1) is 10.2. The summed E-state index contributed by atoms with van der Waals surface area (Å²) in [7, 11) is 2.16. The van der Waals surface area contributed by atoms with Gasteiger partial charge in [0.15, 0.2) is 0 Å². The summed E-state index contributed by atoms with van der Waals surface area (Å²) >= 11 is 0. The summed E-state index contributed by atoms with van der Waals surface area (Å²) < 4.78 is 13.4. The number of aryl methyl sites for hydroxylation is 1. The Hall–Kier alpha value is -1.52. The van der Waals surface area contributed by atoms with Gasteiger partial charge in [-0.1, -0.05) is 6.92 Å². The minimum atomic E-state index is -0.218. The standard InChI is InChI=1S/C17H22FN3/c1-3-13-10-14-4-5-15(18)11-16(14)19-17(13)12-21-8-6-20(2)7-9-21/h4-5,10-11H,3,6-9,12H2,1-2H3. The van der Waals surface area contributed by atoms with Crippen molar-refractivity contribution in [2.75, 3.05) is 33.2 Å². The number of likely N-dealkylation sites (N-methyl/N-ethyl adjacent to an activating group) is 1. The van der Waals surface area contributed by atoms with Crippen LogP contribution >= 0.6 is 0 Å². The van der Waals surface area contributed by atoms with E-state index in [9.17, 15) is 4.39 Å². The van der Waals surface area contributed by atoms with E-state index in [-0.39, 0.29) is 5.82 Å². The van der Waals surface area contributed by atoms with Crippen molar-refractivity contribution in [3.63, 3.8) is 0 Å². The van der Waals surface area contributed by atoms with Crippen LogP contribution in [-0.4, -0.2) is 48.0 Å². The second-order valence-corrected chi connectivity index (χ2v) is 5.86. The molecular formula is C17H22FN3. The van der Waals surface area contributed by atoms with Gasteiger partial charge in [-0.25, -0.2) is 4.39 Å². The van der Waals surface area contributed by atoms with Crippen molar-refractivity contribution < 1.29 is 4.39 Å². The third-order valence-corrected chi connectivity index (χ3v) is 4.30. The summed E-state index contributed by atoms with van der Waals surface area (Å²) in [6.07, 6.45) is 0.962. The van der Waals surface area contributed by atoms with Crippen LogP contribution in [0, 0.1) is 5.82 Å². The van der Waals surface area contributed by atoms with Crippen LogP contribution in [0.15, 0.2) is 24.3 Å². The Kier molecular flexibility index (Phi) is 4.17. The molecule has 0 radical (unpaired) electrons. The van der Waals surface area contributed by atoms with Gasteiger partial charge < -0.3 is 4.90 Å². The molecule has 0 spiro atoms. The monoisotopic (exact) mass is 287 g/mol.